The highest BCUT2D eigenvalue weighted by Gasteiger charge is 2.11. The number of carbonyl (C=O) groups excluding carboxylic acids is 1. The fraction of sp³-hybridized carbons (Fsp3) is 0.471. The number of hydrogen-bond acceptors (Lipinski definition) is 3. The summed E-state index contributed by atoms with van der Waals surface area (Å²) in [6.07, 6.45) is 9.48. The highest BCUT2D eigenvalue weighted by molar-refractivity contribution is 7.90. The summed E-state index contributed by atoms with van der Waals surface area (Å²) in [6, 6.07) is 6.62. The predicted octanol–water partition coefficient (Wildman–Crippen LogP) is 2.29. The van der Waals surface area contributed by atoms with Crippen LogP contribution in [0.15, 0.2) is 41.3 Å². The average Bonchev–Trinajstić information content (AvgIpc) is 2.53. The van der Waals surface area contributed by atoms with E-state index < -0.39 is 9.84 Å². The minimum atomic E-state index is -3.16. The Bertz CT molecular complexity index is 651. The molecule has 0 bridgehead atoms. The standard InChI is InChI=1S/C17H24N2O3S/c1-23(21,22)16-9-7-14(8-10-16)11-12-18-17(20)19-13-15-5-3-2-4-6-15/h2-3,7-10,15H,4-6,11-13H2,1H3,(H2,18,19,20)/t15-/m1/s1. The third kappa shape index (κ3) is 6.06. The lowest BCUT2D eigenvalue weighted by atomic mass is 9.94. The van der Waals surface area contributed by atoms with Gasteiger partial charge in [-0.25, -0.2) is 13.2 Å². The van der Waals surface area contributed by atoms with Crippen LogP contribution in [0.2, 0.25) is 0 Å². The molecule has 1 atom stereocenters. The molecule has 1 aromatic carbocycles. The molecule has 0 unspecified atom stereocenters. The molecule has 126 valence electrons. The maximum atomic E-state index is 11.7. The van der Waals surface area contributed by atoms with Crippen LogP contribution in [-0.4, -0.2) is 33.8 Å². The first kappa shape index (κ1) is 17.5. The van der Waals surface area contributed by atoms with Crippen LogP contribution in [-0.2, 0) is 16.3 Å². The van der Waals surface area contributed by atoms with Crippen LogP contribution in [0.25, 0.3) is 0 Å². The fourth-order valence-corrected chi connectivity index (χ4v) is 3.20. The van der Waals surface area contributed by atoms with Crippen molar-refractivity contribution in [3.05, 3.63) is 42.0 Å². The summed E-state index contributed by atoms with van der Waals surface area (Å²) in [4.78, 5) is 12.1. The number of hydrogen-bond donors (Lipinski definition) is 2. The van der Waals surface area contributed by atoms with Gasteiger partial charge < -0.3 is 10.6 Å². The van der Waals surface area contributed by atoms with Gasteiger partial charge in [0, 0.05) is 19.3 Å². The van der Waals surface area contributed by atoms with Crippen LogP contribution in [0.4, 0.5) is 4.79 Å². The normalized spacial score (nSPS) is 17.7. The molecule has 0 spiro atoms. The van der Waals surface area contributed by atoms with Crippen molar-refractivity contribution in [2.45, 2.75) is 30.6 Å². The van der Waals surface area contributed by atoms with Crippen molar-refractivity contribution in [3.63, 3.8) is 0 Å². The molecule has 0 heterocycles. The van der Waals surface area contributed by atoms with Gasteiger partial charge in [0.05, 0.1) is 4.90 Å². The predicted molar refractivity (Wildman–Crippen MR) is 91.1 cm³/mol. The lowest BCUT2D eigenvalue weighted by Gasteiger charge is -2.18. The van der Waals surface area contributed by atoms with Gasteiger partial charge in [0.1, 0.15) is 0 Å². The molecule has 0 radical (unpaired) electrons. The Morgan fingerprint density at radius 3 is 2.52 bits per heavy atom. The molecule has 2 amide bonds. The van der Waals surface area contributed by atoms with Crippen molar-refractivity contribution in [1.82, 2.24) is 10.6 Å². The number of sulfone groups is 1. The van der Waals surface area contributed by atoms with Gasteiger partial charge >= 0.3 is 6.03 Å². The van der Waals surface area contributed by atoms with Crippen LogP contribution in [0, 0.1) is 5.92 Å². The van der Waals surface area contributed by atoms with Crippen LogP contribution in [0.1, 0.15) is 24.8 Å². The van der Waals surface area contributed by atoms with Crippen LogP contribution in [0.5, 0.6) is 0 Å². The van der Waals surface area contributed by atoms with E-state index in [-0.39, 0.29) is 6.03 Å². The summed E-state index contributed by atoms with van der Waals surface area (Å²) in [5.74, 6) is 0.536. The second kappa shape index (κ2) is 8.15. The number of nitrogens with one attached hydrogen (secondary N) is 2. The Balaban J connectivity index is 1.68. The Labute approximate surface area is 138 Å². The lowest BCUT2D eigenvalue weighted by molar-refractivity contribution is 0.238. The van der Waals surface area contributed by atoms with E-state index in [1.54, 1.807) is 24.3 Å². The Morgan fingerprint density at radius 1 is 1.17 bits per heavy atom. The SMILES string of the molecule is CS(=O)(=O)c1ccc(CCNC(=O)NC[C@@H]2CC=CCC2)cc1. The molecule has 1 aliphatic rings. The molecule has 2 rings (SSSR count). The minimum Gasteiger partial charge on any atom is -0.338 e. The van der Waals surface area contributed by atoms with Gasteiger partial charge in [-0.3, -0.25) is 0 Å². The van der Waals surface area contributed by atoms with Gasteiger partial charge in [-0.1, -0.05) is 24.3 Å². The monoisotopic (exact) mass is 336 g/mol. The zero-order chi connectivity index (χ0) is 16.7. The van der Waals surface area contributed by atoms with Crippen LogP contribution >= 0.6 is 0 Å². The molecule has 1 aromatic rings. The average molecular weight is 336 g/mol. The van der Waals surface area contributed by atoms with E-state index in [1.165, 1.54) is 6.26 Å². The summed E-state index contributed by atoms with van der Waals surface area (Å²) in [6.45, 7) is 1.23. The zero-order valence-electron chi connectivity index (χ0n) is 13.4. The molecular formula is C17H24N2O3S. The van der Waals surface area contributed by atoms with Gasteiger partial charge in [-0.2, -0.15) is 0 Å². The highest BCUT2D eigenvalue weighted by Crippen LogP contribution is 2.16. The molecule has 5 nitrogen and oxygen atoms in total. The Kier molecular flexibility index (Phi) is 6.21. The third-order valence-electron chi connectivity index (χ3n) is 3.98. The molecule has 0 fully saturated rings. The number of benzene rings is 1. The van der Waals surface area contributed by atoms with E-state index in [2.05, 4.69) is 22.8 Å². The Morgan fingerprint density at radius 2 is 1.91 bits per heavy atom. The van der Waals surface area contributed by atoms with Crippen LogP contribution in [0.3, 0.4) is 0 Å². The first-order valence-corrected chi connectivity index (χ1v) is 9.80. The zero-order valence-corrected chi connectivity index (χ0v) is 14.2. The summed E-state index contributed by atoms with van der Waals surface area (Å²) >= 11 is 0. The number of rotatable bonds is 6. The highest BCUT2D eigenvalue weighted by atomic mass is 32.2. The number of amides is 2. The molecule has 23 heavy (non-hydrogen) atoms. The van der Waals surface area contributed by atoms with E-state index in [0.29, 0.717) is 30.3 Å². The smallest absolute Gasteiger partial charge is 0.314 e. The van der Waals surface area contributed by atoms with Gasteiger partial charge in [0.15, 0.2) is 9.84 Å². The fourth-order valence-electron chi connectivity index (χ4n) is 2.56. The van der Waals surface area contributed by atoms with E-state index in [1.807, 2.05) is 0 Å². The molecular weight excluding hydrogens is 312 g/mol. The van der Waals surface area contributed by atoms with Gasteiger partial charge in [-0.05, 0) is 49.3 Å². The second-order valence-electron chi connectivity index (χ2n) is 5.95. The quantitative estimate of drug-likeness (QED) is 0.783. The number of urea groups is 1. The maximum absolute atomic E-state index is 11.7. The maximum Gasteiger partial charge on any atom is 0.314 e. The molecule has 0 saturated carbocycles. The van der Waals surface area contributed by atoms with E-state index >= 15 is 0 Å². The molecule has 0 saturated heterocycles. The minimum absolute atomic E-state index is 0.146. The van der Waals surface area contributed by atoms with Crippen molar-refractivity contribution in [1.29, 1.82) is 0 Å². The summed E-state index contributed by atoms with van der Waals surface area (Å²) in [5, 5.41) is 5.73. The van der Waals surface area contributed by atoms with Gasteiger partial charge in [0.25, 0.3) is 0 Å². The van der Waals surface area contributed by atoms with Crippen molar-refractivity contribution in [2.24, 2.45) is 5.92 Å². The van der Waals surface area contributed by atoms with Crippen molar-refractivity contribution < 1.29 is 13.2 Å². The Hall–Kier alpha value is -1.82. The molecule has 6 heteroatoms. The van der Waals surface area contributed by atoms with Crippen molar-refractivity contribution >= 4 is 15.9 Å². The first-order valence-electron chi connectivity index (χ1n) is 7.91. The molecule has 0 aromatic heterocycles. The van der Waals surface area contributed by atoms with E-state index in [0.717, 1.165) is 24.8 Å². The lowest BCUT2D eigenvalue weighted by Crippen LogP contribution is -2.39. The molecule has 2 N–H and O–H groups in total. The number of allylic oxidation sites excluding steroid dienone is 2. The summed E-state index contributed by atoms with van der Waals surface area (Å²) < 4.78 is 22.8. The number of carbonyl (C=O) groups is 1. The molecule has 0 aliphatic heterocycles. The van der Waals surface area contributed by atoms with Crippen molar-refractivity contribution in [2.75, 3.05) is 19.3 Å². The second-order valence-corrected chi connectivity index (χ2v) is 7.97. The summed E-state index contributed by atoms with van der Waals surface area (Å²) in [7, 11) is -3.16. The van der Waals surface area contributed by atoms with Crippen LogP contribution < -0.4 is 10.6 Å². The van der Waals surface area contributed by atoms with Gasteiger partial charge in [-0.15, -0.1) is 0 Å². The first-order chi connectivity index (χ1) is 10.9. The third-order valence-corrected chi connectivity index (χ3v) is 5.11. The van der Waals surface area contributed by atoms with Gasteiger partial charge in [0.2, 0.25) is 0 Å². The van der Waals surface area contributed by atoms with E-state index in [4.69, 9.17) is 0 Å². The largest absolute Gasteiger partial charge is 0.338 e. The molecule has 1 aliphatic carbocycles. The summed E-state index contributed by atoms with van der Waals surface area (Å²) in [5.41, 5.74) is 0.995. The topological polar surface area (TPSA) is 75.3 Å². The van der Waals surface area contributed by atoms with Crippen molar-refractivity contribution in [3.8, 4) is 0 Å². The van der Waals surface area contributed by atoms with E-state index in [9.17, 15) is 13.2 Å².